The van der Waals surface area contributed by atoms with Gasteiger partial charge in [-0.05, 0) is 91.9 Å². The lowest BCUT2D eigenvalue weighted by atomic mass is 9.72. The first-order valence-corrected chi connectivity index (χ1v) is 11.2. The highest BCUT2D eigenvalue weighted by Crippen LogP contribution is 2.50. The molecule has 3 unspecified atom stereocenters. The van der Waals surface area contributed by atoms with Gasteiger partial charge in [-0.2, -0.15) is 0 Å². The van der Waals surface area contributed by atoms with Crippen LogP contribution in [0.2, 0.25) is 0 Å². The molecule has 3 N–H and O–H groups in total. The van der Waals surface area contributed by atoms with Crippen LogP contribution in [0.3, 0.4) is 0 Å². The third-order valence-corrected chi connectivity index (χ3v) is 7.01. The fourth-order valence-electron chi connectivity index (χ4n) is 5.55. The number of ether oxygens (including phenoxy) is 1. The fraction of sp³-hybridized carbons (Fsp3) is 0.296. The second-order valence-corrected chi connectivity index (χ2v) is 9.01. The van der Waals surface area contributed by atoms with Crippen LogP contribution >= 0.6 is 0 Å². The lowest BCUT2D eigenvalue weighted by Gasteiger charge is -2.32. The maximum Gasteiger partial charge on any atom is 0.123 e. The molecule has 5 heteroatoms. The van der Waals surface area contributed by atoms with Gasteiger partial charge in [-0.1, -0.05) is 18.2 Å². The smallest absolute Gasteiger partial charge is 0.123 e. The number of halogens is 1. The minimum absolute atomic E-state index is 0.00962. The van der Waals surface area contributed by atoms with E-state index >= 15 is 0 Å². The summed E-state index contributed by atoms with van der Waals surface area (Å²) in [7, 11) is 0. The Morgan fingerprint density at radius 2 is 1.91 bits per heavy atom. The van der Waals surface area contributed by atoms with Gasteiger partial charge in [-0.15, -0.1) is 0 Å². The third-order valence-electron chi connectivity index (χ3n) is 7.01. The molecule has 3 atom stereocenters. The highest BCUT2D eigenvalue weighted by atomic mass is 19.1. The van der Waals surface area contributed by atoms with Crippen LogP contribution in [0.5, 0.6) is 5.75 Å². The molecule has 164 valence electrons. The zero-order chi connectivity index (χ0) is 22.1. The molecule has 1 aliphatic carbocycles. The van der Waals surface area contributed by atoms with E-state index in [0.717, 1.165) is 48.6 Å². The molecular weight excluding hydrogens is 401 g/mol. The summed E-state index contributed by atoms with van der Waals surface area (Å²) in [5.41, 5.74) is 5.01. The predicted octanol–water partition coefficient (Wildman–Crippen LogP) is 5.57. The molecule has 4 nitrogen and oxygen atoms in total. The van der Waals surface area contributed by atoms with Crippen molar-refractivity contribution < 1.29 is 9.13 Å². The van der Waals surface area contributed by atoms with Gasteiger partial charge in [0.15, 0.2) is 0 Å². The van der Waals surface area contributed by atoms with E-state index in [0.29, 0.717) is 5.92 Å². The van der Waals surface area contributed by atoms with Crippen molar-refractivity contribution in [2.45, 2.75) is 31.3 Å². The topological polar surface area (TPSA) is 57.1 Å². The minimum atomic E-state index is -0.262. The van der Waals surface area contributed by atoms with E-state index in [4.69, 9.17) is 10.1 Å². The van der Waals surface area contributed by atoms with Crippen LogP contribution in [0, 0.1) is 24.1 Å². The Labute approximate surface area is 188 Å². The summed E-state index contributed by atoms with van der Waals surface area (Å²) in [4.78, 5) is 0. The molecule has 1 aliphatic heterocycles. The van der Waals surface area contributed by atoms with Gasteiger partial charge in [0.1, 0.15) is 11.6 Å². The maximum absolute atomic E-state index is 13.3. The maximum atomic E-state index is 13.3. The summed E-state index contributed by atoms with van der Waals surface area (Å²) in [6.07, 6.45) is 3.57. The Bertz CT molecular complexity index is 1120. The van der Waals surface area contributed by atoms with Gasteiger partial charge in [0.05, 0.1) is 6.10 Å². The van der Waals surface area contributed by atoms with Crippen LogP contribution in [0.15, 0.2) is 66.7 Å². The van der Waals surface area contributed by atoms with Crippen molar-refractivity contribution in [1.82, 2.24) is 5.32 Å². The van der Waals surface area contributed by atoms with Gasteiger partial charge in [0, 0.05) is 35.1 Å². The number of anilines is 2. The lowest BCUT2D eigenvalue weighted by molar-refractivity contribution is 0.196. The van der Waals surface area contributed by atoms with Gasteiger partial charge in [-0.3, -0.25) is 0 Å². The van der Waals surface area contributed by atoms with Gasteiger partial charge in [0.25, 0.3) is 0 Å². The van der Waals surface area contributed by atoms with E-state index in [2.05, 4.69) is 29.7 Å². The molecule has 0 bridgehead atoms. The number of fused-ring (bicyclic) bond motifs is 1. The first-order chi connectivity index (χ1) is 15.6. The van der Waals surface area contributed by atoms with E-state index < -0.39 is 0 Å². The number of para-hydroxylation sites is 1. The molecule has 3 aromatic carbocycles. The molecule has 2 fully saturated rings. The third kappa shape index (κ3) is 3.78. The SMILES string of the molecule is Cc1cc(Nc2ccc(F)cc2)c(C=N)cc1C12CNCC1CC(Oc1ccccc1)C2. The first-order valence-electron chi connectivity index (χ1n) is 11.2. The summed E-state index contributed by atoms with van der Waals surface area (Å²) in [6, 6.07) is 20.7. The monoisotopic (exact) mass is 429 g/mol. The number of hydrogen-bond acceptors (Lipinski definition) is 4. The zero-order valence-corrected chi connectivity index (χ0v) is 18.2. The van der Waals surface area contributed by atoms with Crippen LogP contribution < -0.4 is 15.4 Å². The summed E-state index contributed by atoms with van der Waals surface area (Å²) >= 11 is 0. The quantitative estimate of drug-likeness (QED) is 0.449. The fourth-order valence-corrected chi connectivity index (χ4v) is 5.55. The van der Waals surface area contributed by atoms with Gasteiger partial charge in [-0.25, -0.2) is 4.39 Å². The van der Waals surface area contributed by atoms with E-state index in [-0.39, 0.29) is 17.3 Å². The molecule has 1 saturated heterocycles. The molecule has 2 aliphatic rings. The molecule has 1 saturated carbocycles. The van der Waals surface area contributed by atoms with E-state index in [9.17, 15) is 4.39 Å². The van der Waals surface area contributed by atoms with E-state index in [1.807, 2.05) is 30.3 Å². The number of rotatable bonds is 6. The molecule has 0 aromatic heterocycles. The molecular formula is C27H28FN3O. The number of benzene rings is 3. The van der Waals surface area contributed by atoms with Gasteiger partial charge >= 0.3 is 0 Å². The Kier molecular flexibility index (Phi) is 5.43. The van der Waals surface area contributed by atoms with Gasteiger partial charge in [0.2, 0.25) is 0 Å². The Balaban J connectivity index is 1.45. The minimum Gasteiger partial charge on any atom is -0.490 e. The second-order valence-electron chi connectivity index (χ2n) is 9.01. The number of nitrogens with one attached hydrogen (secondary N) is 3. The zero-order valence-electron chi connectivity index (χ0n) is 18.2. The average Bonchev–Trinajstić information content (AvgIpc) is 3.34. The molecule has 3 aromatic rings. The van der Waals surface area contributed by atoms with Crippen molar-refractivity contribution in [2.24, 2.45) is 5.92 Å². The standard InChI is InChI=1S/C27H28FN3O/c1-18-11-26(31-22-9-7-21(28)8-10-22)19(15-29)12-25(18)27-14-24(13-20(27)16-30-17-27)32-23-5-3-2-4-6-23/h2-12,15,20,24,29-31H,13-14,16-17H2,1H3. The number of hydrogen-bond donors (Lipinski definition) is 3. The first kappa shape index (κ1) is 20.7. The van der Waals surface area contributed by atoms with Crippen molar-refractivity contribution in [3.8, 4) is 5.75 Å². The van der Waals surface area contributed by atoms with Crippen molar-refractivity contribution >= 4 is 17.6 Å². The Hall–Kier alpha value is -3.18. The summed E-state index contributed by atoms with van der Waals surface area (Å²) < 4.78 is 19.6. The highest BCUT2D eigenvalue weighted by Gasteiger charge is 2.52. The highest BCUT2D eigenvalue weighted by molar-refractivity contribution is 5.88. The summed E-state index contributed by atoms with van der Waals surface area (Å²) in [5.74, 6) is 1.17. The van der Waals surface area contributed by atoms with Crippen molar-refractivity contribution in [1.29, 1.82) is 5.41 Å². The molecule has 32 heavy (non-hydrogen) atoms. The molecule has 5 rings (SSSR count). The van der Waals surface area contributed by atoms with Crippen molar-refractivity contribution in [3.05, 3.63) is 89.2 Å². The van der Waals surface area contributed by atoms with Crippen molar-refractivity contribution in [2.75, 3.05) is 18.4 Å². The van der Waals surface area contributed by atoms with Crippen LogP contribution in [-0.4, -0.2) is 25.4 Å². The van der Waals surface area contributed by atoms with Crippen molar-refractivity contribution in [3.63, 3.8) is 0 Å². The second kappa shape index (κ2) is 8.40. The summed E-state index contributed by atoms with van der Waals surface area (Å²) in [5, 5.41) is 15.0. The van der Waals surface area contributed by atoms with E-state index in [1.165, 1.54) is 29.5 Å². The summed E-state index contributed by atoms with van der Waals surface area (Å²) in [6.45, 7) is 4.06. The van der Waals surface area contributed by atoms with Gasteiger partial charge < -0.3 is 20.8 Å². The lowest BCUT2D eigenvalue weighted by Crippen LogP contribution is -2.33. The normalized spacial score (nSPS) is 24.2. The molecule has 0 radical (unpaired) electrons. The molecule has 1 heterocycles. The van der Waals surface area contributed by atoms with Crippen LogP contribution in [-0.2, 0) is 5.41 Å². The Morgan fingerprint density at radius 3 is 2.66 bits per heavy atom. The Morgan fingerprint density at radius 1 is 1.12 bits per heavy atom. The largest absolute Gasteiger partial charge is 0.490 e. The van der Waals surface area contributed by atoms with Crippen LogP contribution in [0.25, 0.3) is 0 Å². The number of aryl methyl sites for hydroxylation is 1. The molecule has 0 amide bonds. The average molecular weight is 430 g/mol. The van der Waals surface area contributed by atoms with E-state index in [1.54, 1.807) is 12.1 Å². The van der Waals surface area contributed by atoms with Crippen LogP contribution in [0.4, 0.5) is 15.8 Å². The molecule has 0 spiro atoms. The predicted molar refractivity (Wildman–Crippen MR) is 127 cm³/mol. The van der Waals surface area contributed by atoms with Crippen LogP contribution in [0.1, 0.15) is 29.5 Å².